The van der Waals surface area contributed by atoms with Crippen molar-refractivity contribution in [3.05, 3.63) is 84.9 Å². The van der Waals surface area contributed by atoms with Gasteiger partial charge in [0, 0.05) is 0 Å². The van der Waals surface area contributed by atoms with Crippen molar-refractivity contribution in [2.45, 2.75) is 25.4 Å². The third-order valence-electron chi connectivity index (χ3n) is 4.97. The molecule has 0 spiro atoms. The minimum atomic E-state index is -1.71. The summed E-state index contributed by atoms with van der Waals surface area (Å²) >= 11 is 0. The van der Waals surface area contributed by atoms with Gasteiger partial charge in [-0.15, -0.1) is 0 Å². The second-order valence-electron chi connectivity index (χ2n) is 6.53. The Morgan fingerprint density at radius 1 is 0.760 bits per heavy atom. The summed E-state index contributed by atoms with van der Waals surface area (Å²) in [5.41, 5.74) is 0.721. The van der Waals surface area contributed by atoms with E-state index < -0.39 is 7.26 Å². The molecule has 1 aliphatic carbocycles. The predicted molar refractivity (Wildman–Crippen MR) is 109 cm³/mol. The van der Waals surface area contributed by atoms with Crippen LogP contribution in [0.25, 0.3) is 0 Å². The maximum absolute atomic E-state index is 6.09. The molecule has 1 saturated carbocycles. The minimum Gasteiger partial charge on any atom is -0.490 e. The standard InChI is InChI=1S/C23H24OP/c1-2-24-22-15-9-10-16-23(22)25(21-17-18-21,19-11-5-3-6-12-19)20-13-7-4-8-14-20/h3-16,21H,2,17-18H2,1H3/q+1. The largest absolute Gasteiger partial charge is 0.490 e. The minimum absolute atomic E-state index is 0.700. The van der Waals surface area contributed by atoms with E-state index in [1.165, 1.54) is 28.8 Å². The van der Waals surface area contributed by atoms with E-state index in [1.54, 1.807) is 0 Å². The van der Waals surface area contributed by atoms with Crippen LogP contribution < -0.4 is 20.7 Å². The highest BCUT2D eigenvalue weighted by Crippen LogP contribution is 2.68. The summed E-state index contributed by atoms with van der Waals surface area (Å²) in [5.74, 6) is 1.05. The van der Waals surface area contributed by atoms with Crippen molar-refractivity contribution in [3.8, 4) is 5.75 Å². The van der Waals surface area contributed by atoms with Crippen LogP contribution >= 0.6 is 7.26 Å². The Morgan fingerprint density at radius 3 is 1.80 bits per heavy atom. The molecule has 1 fully saturated rings. The monoisotopic (exact) mass is 347 g/mol. The topological polar surface area (TPSA) is 9.23 Å². The van der Waals surface area contributed by atoms with Gasteiger partial charge in [0.05, 0.1) is 12.3 Å². The molecule has 126 valence electrons. The van der Waals surface area contributed by atoms with E-state index in [2.05, 4.69) is 91.9 Å². The zero-order valence-corrected chi connectivity index (χ0v) is 15.5. The number of rotatable bonds is 6. The summed E-state index contributed by atoms with van der Waals surface area (Å²) in [4.78, 5) is 0. The van der Waals surface area contributed by atoms with Gasteiger partial charge in [-0.05, 0) is 56.2 Å². The predicted octanol–water partition coefficient (Wildman–Crippen LogP) is 4.54. The first-order valence-corrected chi connectivity index (χ1v) is 11.0. The lowest BCUT2D eigenvalue weighted by molar-refractivity contribution is 0.343. The van der Waals surface area contributed by atoms with E-state index in [0.717, 1.165) is 11.4 Å². The molecule has 2 heteroatoms. The van der Waals surface area contributed by atoms with Gasteiger partial charge in [0.1, 0.15) is 23.2 Å². The van der Waals surface area contributed by atoms with E-state index in [4.69, 9.17) is 4.74 Å². The van der Waals surface area contributed by atoms with E-state index >= 15 is 0 Å². The number of hydrogen-bond donors (Lipinski definition) is 0. The van der Waals surface area contributed by atoms with Crippen LogP contribution in [-0.2, 0) is 0 Å². The quantitative estimate of drug-likeness (QED) is 0.595. The molecule has 4 rings (SSSR count). The van der Waals surface area contributed by atoms with Crippen molar-refractivity contribution in [2.24, 2.45) is 0 Å². The summed E-state index contributed by atoms with van der Waals surface area (Å²) in [6.07, 6.45) is 2.61. The smallest absolute Gasteiger partial charge is 0.162 e. The number of benzene rings is 3. The van der Waals surface area contributed by atoms with Gasteiger partial charge in [0.25, 0.3) is 0 Å². The van der Waals surface area contributed by atoms with Gasteiger partial charge in [-0.3, -0.25) is 0 Å². The highest BCUT2D eigenvalue weighted by atomic mass is 31.2. The molecule has 0 saturated heterocycles. The van der Waals surface area contributed by atoms with Gasteiger partial charge in [0.15, 0.2) is 5.75 Å². The molecule has 0 aromatic heterocycles. The number of ether oxygens (including phenoxy) is 1. The number of hydrogen-bond acceptors (Lipinski definition) is 1. The summed E-state index contributed by atoms with van der Waals surface area (Å²) in [6.45, 7) is 2.77. The van der Waals surface area contributed by atoms with Crippen LogP contribution in [0.4, 0.5) is 0 Å². The maximum atomic E-state index is 6.09. The fraction of sp³-hybridized carbons (Fsp3) is 0.217. The molecular formula is C23H24OP+. The second kappa shape index (κ2) is 7.02. The van der Waals surface area contributed by atoms with Gasteiger partial charge >= 0.3 is 0 Å². The van der Waals surface area contributed by atoms with Crippen LogP contribution in [-0.4, -0.2) is 12.3 Å². The summed E-state index contributed by atoms with van der Waals surface area (Å²) in [5, 5.41) is 4.34. The van der Waals surface area contributed by atoms with Crippen LogP contribution in [0.15, 0.2) is 84.9 Å². The zero-order valence-electron chi connectivity index (χ0n) is 14.6. The van der Waals surface area contributed by atoms with E-state index in [-0.39, 0.29) is 0 Å². The zero-order chi connectivity index (χ0) is 17.1. The average Bonchev–Trinajstić information content (AvgIpc) is 3.51. The van der Waals surface area contributed by atoms with Crippen LogP contribution in [0.2, 0.25) is 0 Å². The molecule has 0 heterocycles. The van der Waals surface area contributed by atoms with E-state index in [9.17, 15) is 0 Å². The molecule has 3 aromatic rings. The molecule has 1 aliphatic rings. The summed E-state index contributed by atoms with van der Waals surface area (Å²) in [6, 6.07) is 30.9. The fourth-order valence-corrected chi connectivity index (χ4v) is 8.97. The van der Waals surface area contributed by atoms with Gasteiger partial charge in [-0.25, -0.2) is 0 Å². The van der Waals surface area contributed by atoms with Crippen LogP contribution in [0.3, 0.4) is 0 Å². The lowest BCUT2D eigenvalue weighted by Gasteiger charge is -2.29. The van der Waals surface area contributed by atoms with Crippen molar-refractivity contribution in [3.63, 3.8) is 0 Å². The molecule has 1 nitrogen and oxygen atoms in total. The molecule has 0 bridgehead atoms. The molecule has 0 aliphatic heterocycles. The van der Waals surface area contributed by atoms with Crippen LogP contribution in [0.5, 0.6) is 5.75 Å². The van der Waals surface area contributed by atoms with Gasteiger partial charge in [-0.1, -0.05) is 48.5 Å². The molecular weight excluding hydrogens is 323 g/mol. The van der Waals surface area contributed by atoms with Crippen molar-refractivity contribution >= 4 is 23.2 Å². The first kappa shape index (κ1) is 16.4. The first-order valence-electron chi connectivity index (χ1n) is 9.09. The van der Waals surface area contributed by atoms with Gasteiger partial charge in [-0.2, -0.15) is 0 Å². The Morgan fingerprint density at radius 2 is 1.28 bits per heavy atom. The van der Waals surface area contributed by atoms with Crippen molar-refractivity contribution < 1.29 is 4.74 Å². The summed E-state index contributed by atoms with van der Waals surface area (Å²) < 4.78 is 6.09. The second-order valence-corrected chi connectivity index (χ2v) is 10.2. The Hall–Kier alpha value is -2.11. The molecule has 3 aromatic carbocycles. The third kappa shape index (κ3) is 2.87. The Labute approximate surface area is 151 Å². The highest BCUT2D eigenvalue weighted by molar-refractivity contribution is 7.96. The molecule has 0 amide bonds. The van der Waals surface area contributed by atoms with Crippen molar-refractivity contribution in [1.82, 2.24) is 0 Å². The first-order chi connectivity index (χ1) is 12.4. The average molecular weight is 347 g/mol. The fourth-order valence-electron chi connectivity index (χ4n) is 3.86. The molecule has 0 atom stereocenters. The van der Waals surface area contributed by atoms with Gasteiger partial charge in [0.2, 0.25) is 0 Å². The molecule has 0 N–H and O–H groups in total. The molecule has 0 radical (unpaired) electrons. The van der Waals surface area contributed by atoms with E-state index in [0.29, 0.717) is 6.61 Å². The Bertz CT molecular complexity index is 785. The normalized spacial score (nSPS) is 14.3. The SMILES string of the molecule is CCOc1ccccc1[P+](c1ccccc1)(c1ccccc1)C1CC1. The lowest BCUT2D eigenvalue weighted by Crippen LogP contribution is -2.35. The Balaban J connectivity index is 2.03. The van der Waals surface area contributed by atoms with E-state index in [1.807, 2.05) is 0 Å². The summed E-state index contributed by atoms with van der Waals surface area (Å²) in [7, 11) is -1.71. The Kier molecular flexibility index (Phi) is 4.59. The van der Waals surface area contributed by atoms with Crippen LogP contribution in [0, 0.1) is 0 Å². The molecule has 25 heavy (non-hydrogen) atoms. The van der Waals surface area contributed by atoms with Crippen molar-refractivity contribution in [2.75, 3.05) is 6.61 Å². The lowest BCUT2D eigenvalue weighted by atomic mass is 10.3. The van der Waals surface area contributed by atoms with Crippen LogP contribution in [0.1, 0.15) is 19.8 Å². The highest BCUT2D eigenvalue weighted by Gasteiger charge is 2.58. The number of para-hydroxylation sites is 1. The third-order valence-corrected chi connectivity index (χ3v) is 9.93. The van der Waals surface area contributed by atoms with Crippen molar-refractivity contribution in [1.29, 1.82) is 0 Å². The molecule has 0 unspecified atom stereocenters. The van der Waals surface area contributed by atoms with Gasteiger partial charge < -0.3 is 4.74 Å². The maximum Gasteiger partial charge on any atom is 0.162 e.